The Morgan fingerprint density at radius 2 is 1.45 bits per heavy atom. The highest BCUT2D eigenvalue weighted by Gasteiger charge is 2.04. The second-order valence-electron chi connectivity index (χ2n) is 12.2. The fraction of sp³-hybridized carbons (Fsp3) is 0.576. The molecule has 0 amide bonds. The van der Waals surface area contributed by atoms with Crippen LogP contribution in [0.3, 0.4) is 0 Å². The lowest BCUT2D eigenvalue weighted by molar-refractivity contribution is 0.478. The lowest BCUT2D eigenvalue weighted by atomic mass is 10.1. The van der Waals surface area contributed by atoms with Crippen molar-refractivity contribution in [3.8, 4) is 11.4 Å². The summed E-state index contributed by atoms with van der Waals surface area (Å²) in [6.07, 6.45) is 15.5. The van der Waals surface area contributed by atoms with Crippen molar-refractivity contribution in [1.29, 1.82) is 0 Å². The number of pyridine rings is 2. The predicted molar refractivity (Wildman–Crippen MR) is 178 cm³/mol. The van der Waals surface area contributed by atoms with E-state index in [1.807, 2.05) is 58.4 Å². The molecule has 0 aliphatic heterocycles. The minimum Gasteiger partial charge on any atom is -0.264 e. The minimum atomic E-state index is 0.633. The van der Waals surface area contributed by atoms with Crippen LogP contribution in [0.4, 0.5) is 0 Å². The van der Waals surface area contributed by atoms with Crippen LogP contribution in [0.25, 0.3) is 21.8 Å². The number of azide groups is 1. The van der Waals surface area contributed by atoms with Crippen LogP contribution in [0, 0.1) is 23.7 Å². The van der Waals surface area contributed by atoms with Gasteiger partial charge >= 0.3 is 0 Å². The van der Waals surface area contributed by atoms with Gasteiger partial charge in [-0.05, 0) is 78.6 Å². The highest BCUT2D eigenvalue weighted by Crippen LogP contribution is 2.12. The van der Waals surface area contributed by atoms with Crippen molar-refractivity contribution in [2.24, 2.45) is 28.8 Å². The zero-order valence-electron chi connectivity index (χ0n) is 28.0. The molecule has 0 aliphatic rings. The molecule has 0 spiro atoms. The lowest BCUT2D eigenvalue weighted by Gasteiger charge is -2.02. The predicted octanol–water partition coefficient (Wildman–Crippen LogP) is 8.33. The Morgan fingerprint density at radius 3 is 1.98 bits per heavy atom. The summed E-state index contributed by atoms with van der Waals surface area (Å²) in [5.41, 5.74) is 10.9. The quantitative estimate of drug-likeness (QED) is 0.0907. The molecule has 0 aromatic carbocycles. The van der Waals surface area contributed by atoms with E-state index in [9.17, 15) is 0 Å². The van der Waals surface area contributed by atoms with Gasteiger partial charge in [-0.3, -0.25) is 19.3 Å². The van der Waals surface area contributed by atoms with E-state index < -0.39 is 0 Å². The molecule has 0 atom stereocenters. The monoisotopic (exact) mass is 603 g/mol. The number of aryl methyl sites for hydroxylation is 2. The minimum absolute atomic E-state index is 0.633. The Bertz CT molecular complexity index is 1250. The van der Waals surface area contributed by atoms with Crippen LogP contribution in [0.5, 0.6) is 0 Å². The van der Waals surface area contributed by atoms with Crippen molar-refractivity contribution < 1.29 is 0 Å². The molecule has 4 heterocycles. The first kappa shape index (κ1) is 37.9. The molecule has 0 saturated heterocycles. The third-order valence-electron chi connectivity index (χ3n) is 6.05. The molecule has 11 heteroatoms. The van der Waals surface area contributed by atoms with E-state index in [1.54, 1.807) is 12.4 Å². The van der Waals surface area contributed by atoms with Gasteiger partial charge in [-0.15, -0.1) is 10.2 Å². The van der Waals surface area contributed by atoms with E-state index in [-0.39, 0.29) is 0 Å². The fourth-order valence-corrected chi connectivity index (χ4v) is 3.52. The third-order valence-corrected chi connectivity index (χ3v) is 6.05. The Kier molecular flexibility index (Phi) is 20.1. The van der Waals surface area contributed by atoms with E-state index in [2.05, 4.69) is 102 Å². The number of hydrogen-bond acceptors (Lipinski definition) is 7. The Labute approximate surface area is 264 Å². The van der Waals surface area contributed by atoms with Crippen molar-refractivity contribution >= 4 is 0 Å². The maximum atomic E-state index is 7.84. The number of aromatic nitrogens is 8. The molecule has 240 valence electrons. The fourth-order valence-electron chi connectivity index (χ4n) is 3.52. The summed E-state index contributed by atoms with van der Waals surface area (Å²) in [6.45, 7) is 20.0. The molecule has 0 radical (unpaired) electrons. The largest absolute Gasteiger partial charge is 0.264 e. The summed E-state index contributed by atoms with van der Waals surface area (Å²) in [5, 5.41) is 19.2. The van der Waals surface area contributed by atoms with Crippen LogP contribution in [0.2, 0.25) is 0 Å². The average molecular weight is 604 g/mol. The number of hydrogen-bond donors (Lipinski definition) is 0. The van der Waals surface area contributed by atoms with E-state index in [1.165, 1.54) is 12.0 Å². The summed E-state index contributed by atoms with van der Waals surface area (Å²) in [4.78, 5) is 10.9. The molecule has 44 heavy (non-hydrogen) atoms. The normalized spacial score (nSPS) is 10.4. The molecule has 4 aromatic heterocycles. The van der Waals surface area contributed by atoms with Gasteiger partial charge in [0.25, 0.3) is 0 Å². The molecule has 0 aliphatic carbocycles. The van der Waals surface area contributed by atoms with Gasteiger partial charge in [0, 0.05) is 49.3 Å². The maximum absolute atomic E-state index is 7.84. The molecule has 0 N–H and O–H groups in total. The average Bonchev–Trinajstić information content (AvgIpc) is 3.70. The molecular formula is C33H53N11. The molecule has 4 rings (SSSR count). The van der Waals surface area contributed by atoms with Crippen molar-refractivity contribution in [1.82, 2.24) is 40.0 Å². The first-order chi connectivity index (χ1) is 21.1. The first-order valence-corrected chi connectivity index (χ1v) is 15.7. The molecule has 0 fully saturated rings. The van der Waals surface area contributed by atoms with Crippen molar-refractivity contribution in [2.45, 2.75) is 94.2 Å². The number of rotatable bonds is 12. The van der Waals surface area contributed by atoms with E-state index >= 15 is 0 Å². The van der Waals surface area contributed by atoms with Gasteiger partial charge in [0.05, 0.1) is 18.1 Å². The van der Waals surface area contributed by atoms with Crippen LogP contribution in [0.15, 0.2) is 72.6 Å². The second-order valence-corrected chi connectivity index (χ2v) is 12.2. The first-order valence-electron chi connectivity index (χ1n) is 15.7. The highest BCUT2D eigenvalue weighted by molar-refractivity contribution is 5.51. The molecule has 0 bridgehead atoms. The summed E-state index contributed by atoms with van der Waals surface area (Å²) < 4.78 is 3.74. The molecule has 4 aromatic rings. The van der Waals surface area contributed by atoms with Gasteiger partial charge in [-0.2, -0.15) is 0 Å². The molecule has 11 nitrogen and oxygen atoms in total. The summed E-state index contributed by atoms with van der Waals surface area (Å²) in [7, 11) is 0. The van der Waals surface area contributed by atoms with E-state index in [4.69, 9.17) is 5.53 Å². The Hall–Kier alpha value is -4.11. The lowest BCUT2D eigenvalue weighted by Crippen LogP contribution is -2.01. The van der Waals surface area contributed by atoms with Gasteiger partial charge < -0.3 is 0 Å². The number of nitrogens with zero attached hydrogens (tertiary/aromatic N) is 11. The second kappa shape index (κ2) is 23.4. The highest BCUT2D eigenvalue weighted by atomic mass is 15.4. The zero-order chi connectivity index (χ0) is 32.6. The van der Waals surface area contributed by atoms with Gasteiger partial charge in [0.2, 0.25) is 0 Å². The summed E-state index contributed by atoms with van der Waals surface area (Å²) in [6, 6.07) is 9.89. The zero-order valence-corrected chi connectivity index (χ0v) is 28.0. The topological polar surface area (TPSA) is 136 Å². The molecular weight excluding hydrogens is 550 g/mol. The van der Waals surface area contributed by atoms with Gasteiger partial charge in [0.1, 0.15) is 5.69 Å². The van der Waals surface area contributed by atoms with Crippen molar-refractivity contribution in [2.75, 3.05) is 6.54 Å². The van der Waals surface area contributed by atoms with Crippen LogP contribution < -0.4 is 0 Å². The Morgan fingerprint density at radius 1 is 0.750 bits per heavy atom. The van der Waals surface area contributed by atoms with Crippen LogP contribution >= 0.6 is 0 Å². The van der Waals surface area contributed by atoms with Crippen molar-refractivity contribution in [3.63, 3.8) is 0 Å². The van der Waals surface area contributed by atoms with Crippen LogP contribution in [-0.4, -0.2) is 46.5 Å². The van der Waals surface area contributed by atoms with E-state index in [0.717, 1.165) is 55.6 Å². The van der Waals surface area contributed by atoms with Gasteiger partial charge in [0.15, 0.2) is 0 Å². The van der Waals surface area contributed by atoms with Gasteiger partial charge in [-0.25, -0.2) is 0 Å². The smallest absolute Gasteiger partial charge is 0.131 e. The molecule has 0 saturated carbocycles. The molecule has 0 unspecified atom stereocenters. The summed E-state index contributed by atoms with van der Waals surface area (Å²) in [5.74, 6) is 2.79. The van der Waals surface area contributed by atoms with Crippen molar-refractivity contribution in [3.05, 3.63) is 83.5 Å². The standard InChI is InChI=1S/C12H16N4.C9H13N.C7H13N3.C5H11N3/c1-10(2)6-8-16-9-12(14-15-16)11-5-3-4-7-13-11;1-8(2)6-9-4-3-5-10-7-9;1-7(2)3-5-10-6-4-8-9-10;1-5(2)3-4-7-8-6/h3-5,7,9-10H,6,8H2,1-2H3;3-5,7-8H,6H2,1-2H3;4,6-7H,3,5H2,1-2H3;5H,3-4H2,1-2H3. The maximum Gasteiger partial charge on any atom is 0.131 e. The SMILES string of the molecule is CC(C)CCN=[N+]=[N-].CC(C)CCn1cc(-c2ccccn2)nn1.CC(C)CCn1ccnn1.CC(C)Cc1cccnc1. The van der Waals surface area contributed by atoms with E-state index in [0.29, 0.717) is 18.4 Å². The Balaban J connectivity index is 0.000000306. The van der Waals surface area contributed by atoms with Crippen LogP contribution in [0.1, 0.15) is 80.2 Å². The summed E-state index contributed by atoms with van der Waals surface area (Å²) >= 11 is 0. The van der Waals surface area contributed by atoms with Crippen LogP contribution in [-0.2, 0) is 19.5 Å². The van der Waals surface area contributed by atoms with Gasteiger partial charge in [-0.1, -0.05) is 83.1 Å². The third kappa shape index (κ3) is 19.9.